The lowest BCUT2D eigenvalue weighted by Crippen LogP contribution is -2.47. The van der Waals surface area contributed by atoms with Crippen LogP contribution in [0.3, 0.4) is 0 Å². The van der Waals surface area contributed by atoms with E-state index in [9.17, 15) is 17.6 Å². The Morgan fingerprint density at radius 2 is 2.00 bits per heavy atom. The molecule has 0 spiro atoms. The Morgan fingerprint density at radius 1 is 1.50 bits per heavy atom. The first-order valence-electron chi connectivity index (χ1n) is 2.80. The molecular weight excluding hydrogens is 198 g/mol. The molecule has 0 aliphatic rings. The van der Waals surface area contributed by atoms with Gasteiger partial charge >= 0.3 is 12.3 Å². The molecule has 0 aliphatic heterocycles. The summed E-state index contributed by atoms with van der Waals surface area (Å²) in [6.07, 6.45) is -3.72. The van der Waals surface area contributed by atoms with Crippen molar-refractivity contribution in [1.29, 1.82) is 0 Å². The van der Waals surface area contributed by atoms with E-state index in [1.54, 1.807) is 0 Å². The van der Waals surface area contributed by atoms with Gasteiger partial charge < -0.3 is 10.7 Å². The van der Waals surface area contributed by atoms with Gasteiger partial charge in [0.2, 0.25) is 0 Å². The molecule has 0 saturated heterocycles. The first-order valence-corrected chi connectivity index (χ1v) is 3.21. The van der Waals surface area contributed by atoms with E-state index in [-0.39, 0.29) is 5.11 Å². The van der Waals surface area contributed by atoms with Gasteiger partial charge in [-0.15, -0.1) is 0 Å². The minimum Gasteiger partial charge on any atom is -0.355 e. The second kappa shape index (κ2) is 4.41. The highest BCUT2D eigenvalue weighted by molar-refractivity contribution is 7.80. The van der Waals surface area contributed by atoms with Crippen molar-refractivity contribution >= 4 is 17.3 Å². The van der Waals surface area contributed by atoms with Crippen molar-refractivity contribution < 1.29 is 17.6 Å². The lowest BCUT2D eigenvalue weighted by atomic mass is 10.3. The summed E-state index contributed by atoms with van der Waals surface area (Å²) in [6.45, 7) is -1.24. The fourth-order valence-electron chi connectivity index (χ4n) is 0.326. The van der Waals surface area contributed by atoms with Crippen LogP contribution in [-0.4, -0.2) is 24.0 Å². The first kappa shape index (κ1) is 11.4. The van der Waals surface area contributed by atoms with Crippen LogP contribution in [0, 0.1) is 0 Å². The zero-order valence-corrected chi connectivity index (χ0v) is 6.60. The van der Waals surface area contributed by atoms with E-state index in [0.717, 1.165) is 0 Å². The van der Waals surface area contributed by atoms with E-state index in [1.807, 2.05) is 10.7 Å². The van der Waals surface area contributed by atoms with Gasteiger partial charge in [0.05, 0.1) is 6.54 Å². The van der Waals surface area contributed by atoms with Crippen LogP contribution >= 0.6 is 12.2 Å². The Labute approximate surface area is 71.3 Å². The molecule has 0 aromatic carbocycles. The van der Waals surface area contributed by atoms with Crippen LogP contribution in [0.5, 0.6) is 0 Å². The topological polar surface area (TPSA) is 50.1 Å². The van der Waals surface area contributed by atoms with Crippen LogP contribution in [-0.2, 0) is 0 Å². The number of rotatable bonds is 3. The zero-order valence-electron chi connectivity index (χ0n) is 5.78. The first-order chi connectivity index (χ1) is 5.40. The van der Waals surface area contributed by atoms with Gasteiger partial charge in [0.15, 0.2) is 5.11 Å². The van der Waals surface area contributed by atoms with Gasteiger partial charge in [0.25, 0.3) is 0 Å². The number of hydrazine groups is 1. The lowest BCUT2D eigenvalue weighted by molar-refractivity contribution is -0.122. The van der Waals surface area contributed by atoms with Gasteiger partial charge in [0.1, 0.15) is 0 Å². The van der Waals surface area contributed by atoms with Gasteiger partial charge in [0, 0.05) is 0 Å². The van der Waals surface area contributed by atoms with Crippen molar-refractivity contribution in [3.05, 3.63) is 0 Å². The van der Waals surface area contributed by atoms with Crippen LogP contribution in [0.4, 0.5) is 17.6 Å². The van der Waals surface area contributed by atoms with Gasteiger partial charge in [-0.25, -0.2) is 14.6 Å². The Hall–Kier alpha value is -0.630. The number of nitrogens with one attached hydrogen (secondary N) is 2. The molecule has 0 fully saturated rings. The van der Waals surface area contributed by atoms with Crippen molar-refractivity contribution in [3.63, 3.8) is 0 Å². The van der Waals surface area contributed by atoms with Crippen molar-refractivity contribution in [2.24, 2.45) is 5.84 Å². The Balaban J connectivity index is 3.83. The third-order valence-corrected chi connectivity index (χ3v) is 1.20. The monoisotopic (exact) mass is 205 g/mol. The zero-order chi connectivity index (χ0) is 9.78. The predicted molar refractivity (Wildman–Crippen MR) is 38.9 cm³/mol. The SMILES string of the molecule is NNC(=S)NCC(F)(F)C(F)F. The fraction of sp³-hybridized carbons (Fsp3) is 0.750. The standard InChI is InChI=1S/C4H7F4N3S/c5-2(6)4(7,8)1-10-3(12)11-9/h2H,1,9H2,(H2,10,11,12). The second-order valence-corrected chi connectivity index (χ2v) is 2.30. The molecule has 0 saturated carbocycles. The number of thiocarbonyl (C=S) groups is 1. The molecule has 12 heavy (non-hydrogen) atoms. The number of halogens is 4. The highest BCUT2D eigenvalue weighted by Crippen LogP contribution is 2.21. The maximum Gasteiger partial charge on any atom is 0.324 e. The summed E-state index contributed by atoms with van der Waals surface area (Å²) in [5.41, 5.74) is 1.82. The second-order valence-electron chi connectivity index (χ2n) is 1.89. The molecule has 0 bridgehead atoms. The lowest BCUT2D eigenvalue weighted by Gasteiger charge is -2.16. The average Bonchev–Trinajstić information content (AvgIpc) is 2.00. The normalized spacial score (nSPS) is 11.5. The highest BCUT2D eigenvalue weighted by atomic mass is 32.1. The summed E-state index contributed by atoms with van der Waals surface area (Å²) < 4.78 is 47.2. The van der Waals surface area contributed by atoms with Gasteiger partial charge in [-0.2, -0.15) is 8.78 Å². The van der Waals surface area contributed by atoms with Crippen molar-refractivity contribution in [1.82, 2.24) is 10.7 Å². The number of alkyl halides is 4. The van der Waals surface area contributed by atoms with Gasteiger partial charge in [-0.05, 0) is 12.2 Å². The third-order valence-electron chi connectivity index (χ3n) is 0.935. The van der Waals surface area contributed by atoms with Crippen LogP contribution < -0.4 is 16.6 Å². The summed E-state index contributed by atoms with van der Waals surface area (Å²) in [7, 11) is 0. The van der Waals surface area contributed by atoms with Crippen LogP contribution in [0.2, 0.25) is 0 Å². The van der Waals surface area contributed by atoms with Crippen molar-refractivity contribution in [2.75, 3.05) is 6.54 Å². The number of nitrogens with two attached hydrogens (primary N) is 1. The maximum atomic E-state index is 12.1. The molecule has 0 radical (unpaired) electrons. The number of hydrogen-bond acceptors (Lipinski definition) is 2. The molecule has 3 nitrogen and oxygen atoms in total. The van der Waals surface area contributed by atoms with E-state index in [1.165, 1.54) is 0 Å². The van der Waals surface area contributed by atoms with E-state index >= 15 is 0 Å². The smallest absolute Gasteiger partial charge is 0.324 e. The van der Waals surface area contributed by atoms with Crippen LogP contribution in [0.1, 0.15) is 0 Å². The third kappa shape index (κ3) is 3.67. The Bertz CT molecular complexity index is 162. The quantitative estimate of drug-likeness (QED) is 0.267. The molecule has 0 rings (SSSR count). The van der Waals surface area contributed by atoms with Gasteiger partial charge in [-0.1, -0.05) is 0 Å². The van der Waals surface area contributed by atoms with Crippen LogP contribution in [0.15, 0.2) is 0 Å². The minimum atomic E-state index is -4.10. The van der Waals surface area contributed by atoms with E-state index < -0.39 is 18.9 Å². The molecule has 0 atom stereocenters. The van der Waals surface area contributed by atoms with Crippen molar-refractivity contribution in [2.45, 2.75) is 12.3 Å². The van der Waals surface area contributed by atoms with Gasteiger partial charge in [-0.3, -0.25) is 0 Å². The minimum absolute atomic E-state index is 0.310. The molecule has 0 heterocycles. The Kier molecular flexibility index (Phi) is 4.18. The maximum absolute atomic E-state index is 12.1. The molecule has 0 amide bonds. The largest absolute Gasteiger partial charge is 0.355 e. The van der Waals surface area contributed by atoms with E-state index in [2.05, 4.69) is 12.2 Å². The number of hydrogen-bond donors (Lipinski definition) is 3. The van der Waals surface area contributed by atoms with Crippen LogP contribution in [0.25, 0.3) is 0 Å². The molecule has 8 heteroatoms. The molecule has 72 valence electrons. The average molecular weight is 205 g/mol. The summed E-state index contributed by atoms with van der Waals surface area (Å²) >= 11 is 4.28. The molecule has 4 N–H and O–H groups in total. The van der Waals surface area contributed by atoms with E-state index in [0.29, 0.717) is 0 Å². The molecule has 0 aliphatic carbocycles. The molecule has 0 unspecified atom stereocenters. The summed E-state index contributed by atoms with van der Waals surface area (Å²) in [5.74, 6) is 0.595. The predicted octanol–water partition coefficient (Wildman–Crippen LogP) is 0.225. The summed E-state index contributed by atoms with van der Waals surface area (Å²) in [5, 5.41) is 1.51. The molecule has 0 aromatic heterocycles. The molecule has 0 aromatic rings. The van der Waals surface area contributed by atoms with Crippen molar-refractivity contribution in [3.8, 4) is 0 Å². The summed E-state index contributed by atoms with van der Waals surface area (Å²) in [4.78, 5) is 0. The Morgan fingerprint density at radius 3 is 2.33 bits per heavy atom. The fourth-order valence-corrected chi connectivity index (χ4v) is 0.398. The van der Waals surface area contributed by atoms with E-state index in [4.69, 9.17) is 5.84 Å². The summed E-state index contributed by atoms with van der Waals surface area (Å²) in [6, 6.07) is 0. The highest BCUT2D eigenvalue weighted by Gasteiger charge is 2.40. The molecular formula is C4H7F4N3S.